The van der Waals surface area contributed by atoms with Crippen molar-refractivity contribution < 1.29 is 4.74 Å². The molecule has 0 unspecified atom stereocenters. The zero-order valence-corrected chi connectivity index (χ0v) is 7.66. The molecule has 0 aliphatic carbocycles. The van der Waals surface area contributed by atoms with Crippen molar-refractivity contribution in [1.29, 1.82) is 0 Å². The third-order valence-corrected chi connectivity index (χ3v) is 2.44. The van der Waals surface area contributed by atoms with Crippen LogP contribution in [0.3, 0.4) is 0 Å². The Morgan fingerprint density at radius 2 is 2.21 bits per heavy atom. The zero-order valence-electron chi connectivity index (χ0n) is 7.66. The largest absolute Gasteiger partial charge is 0.441 e. The van der Waals surface area contributed by atoms with Crippen molar-refractivity contribution in [2.75, 3.05) is 6.67 Å². The minimum absolute atomic E-state index is 0.612. The van der Waals surface area contributed by atoms with Crippen LogP contribution in [0.1, 0.15) is 5.56 Å². The molecule has 0 radical (unpaired) electrons. The predicted molar refractivity (Wildman–Crippen MR) is 54.3 cm³/mol. The van der Waals surface area contributed by atoms with E-state index in [0.717, 1.165) is 23.6 Å². The highest BCUT2D eigenvalue weighted by molar-refractivity contribution is 5.81. The highest BCUT2D eigenvalue weighted by Crippen LogP contribution is 2.28. The maximum absolute atomic E-state index is 5.71. The molecule has 0 saturated carbocycles. The van der Waals surface area contributed by atoms with Gasteiger partial charge in [0.15, 0.2) is 5.88 Å². The monoisotopic (exact) mass is 186 g/mol. The molecule has 2 heterocycles. The predicted octanol–water partition coefficient (Wildman–Crippen LogP) is 1.46. The Hall–Kier alpha value is -1.77. The number of hydrogen-bond acceptors (Lipinski definition) is 3. The number of hydrogen-bond donors (Lipinski definition) is 1. The molecule has 1 aromatic carbocycles. The second-order valence-electron chi connectivity index (χ2n) is 3.39. The first-order valence-electron chi connectivity index (χ1n) is 4.66. The van der Waals surface area contributed by atoms with Gasteiger partial charge in [0, 0.05) is 18.2 Å². The summed E-state index contributed by atoms with van der Waals surface area (Å²) in [5.41, 5.74) is 2.36. The molecule has 1 aromatic rings. The summed E-state index contributed by atoms with van der Waals surface area (Å²) in [6.07, 6.45) is 2.80. The topological polar surface area (TPSA) is 33.6 Å². The Morgan fingerprint density at radius 3 is 3.21 bits per heavy atom. The number of ether oxygens (including phenoxy) is 1. The van der Waals surface area contributed by atoms with Gasteiger partial charge in [0.25, 0.3) is 0 Å². The summed E-state index contributed by atoms with van der Waals surface area (Å²) in [6, 6.07) is 8.09. The van der Waals surface area contributed by atoms with Crippen LogP contribution < -0.4 is 10.1 Å². The molecule has 0 aromatic heterocycles. The van der Waals surface area contributed by atoms with E-state index in [2.05, 4.69) is 16.4 Å². The lowest BCUT2D eigenvalue weighted by Crippen LogP contribution is -2.27. The van der Waals surface area contributed by atoms with E-state index < -0.39 is 0 Å². The molecule has 0 atom stereocenters. The van der Waals surface area contributed by atoms with Crippen molar-refractivity contribution in [3.05, 3.63) is 41.3 Å². The van der Waals surface area contributed by atoms with Crippen LogP contribution in [0, 0.1) is 0 Å². The Balaban J connectivity index is 2.03. The van der Waals surface area contributed by atoms with E-state index in [4.69, 9.17) is 4.74 Å². The minimum Gasteiger partial charge on any atom is -0.441 e. The number of aliphatic imine (C=N–C) groups is 1. The maximum atomic E-state index is 5.71. The third kappa shape index (κ3) is 1.09. The SMILES string of the molecule is C1=NCNC2=C1Cc1ccccc1O2. The first kappa shape index (κ1) is 7.62. The van der Waals surface area contributed by atoms with Crippen LogP contribution in [0.4, 0.5) is 0 Å². The average Bonchev–Trinajstić information content (AvgIpc) is 2.26. The molecule has 0 fully saturated rings. The Kier molecular flexibility index (Phi) is 1.56. The lowest BCUT2D eigenvalue weighted by Gasteiger charge is -2.23. The third-order valence-electron chi connectivity index (χ3n) is 2.44. The first-order valence-corrected chi connectivity index (χ1v) is 4.66. The van der Waals surface area contributed by atoms with E-state index in [1.165, 1.54) is 5.56 Å². The van der Waals surface area contributed by atoms with Crippen LogP contribution in [0.5, 0.6) is 5.75 Å². The quantitative estimate of drug-likeness (QED) is 0.665. The summed E-state index contributed by atoms with van der Waals surface area (Å²) < 4.78 is 5.71. The van der Waals surface area contributed by atoms with Gasteiger partial charge in [0.05, 0.1) is 0 Å². The number of para-hydroxylation sites is 1. The molecule has 14 heavy (non-hydrogen) atoms. The molecule has 1 N–H and O–H groups in total. The standard InChI is InChI=1S/C11H10N2O/c1-2-4-10-8(3-1)5-9-6-12-7-13-11(9)14-10/h1-4,6,13H,5,7H2. The second-order valence-corrected chi connectivity index (χ2v) is 3.39. The number of nitrogens with zero attached hydrogens (tertiary/aromatic N) is 1. The molecule has 2 aliphatic heterocycles. The lowest BCUT2D eigenvalue weighted by atomic mass is 10.0. The van der Waals surface area contributed by atoms with Gasteiger partial charge in [0.1, 0.15) is 12.4 Å². The highest BCUT2D eigenvalue weighted by atomic mass is 16.5. The summed E-state index contributed by atoms with van der Waals surface area (Å²) in [5.74, 6) is 1.81. The molecule has 70 valence electrons. The maximum Gasteiger partial charge on any atom is 0.199 e. The van der Waals surface area contributed by atoms with Gasteiger partial charge in [-0.15, -0.1) is 0 Å². The van der Waals surface area contributed by atoms with Gasteiger partial charge >= 0.3 is 0 Å². The van der Waals surface area contributed by atoms with E-state index in [-0.39, 0.29) is 0 Å². The van der Waals surface area contributed by atoms with Crippen molar-refractivity contribution in [1.82, 2.24) is 5.32 Å². The van der Waals surface area contributed by atoms with E-state index in [1.807, 2.05) is 24.4 Å². The summed E-state index contributed by atoms with van der Waals surface area (Å²) in [6.45, 7) is 0.612. The van der Waals surface area contributed by atoms with Crippen LogP contribution in [-0.2, 0) is 6.42 Å². The Bertz CT molecular complexity index is 435. The fourth-order valence-electron chi connectivity index (χ4n) is 1.74. The van der Waals surface area contributed by atoms with Crippen molar-refractivity contribution in [2.24, 2.45) is 4.99 Å². The van der Waals surface area contributed by atoms with Crippen molar-refractivity contribution in [3.8, 4) is 5.75 Å². The first-order chi connectivity index (χ1) is 6.93. The van der Waals surface area contributed by atoms with E-state index in [9.17, 15) is 0 Å². The number of nitrogens with one attached hydrogen (secondary N) is 1. The molecule has 0 bridgehead atoms. The Morgan fingerprint density at radius 1 is 1.29 bits per heavy atom. The van der Waals surface area contributed by atoms with Gasteiger partial charge in [-0.25, -0.2) is 0 Å². The van der Waals surface area contributed by atoms with Gasteiger partial charge < -0.3 is 10.1 Å². The van der Waals surface area contributed by atoms with Crippen LogP contribution >= 0.6 is 0 Å². The zero-order chi connectivity index (χ0) is 9.38. The molecule has 2 aliphatic rings. The smallest absolute Gasteiger partial charge is 0.199 e. The second kappa shape index (κ2) is 2.87. The number of benzene rings is 1. The van der Waals surface area contributed by atoms with Crippen molar-refractivity contribution in [2.45, 2.75) is 6.42 Å². The van der Waals surface area contributed by atoms with Gasteiger partial charge in [-0.2, -0.15) is 0 Å². The highest BCUT2D eigenvalue weighted by Gasteiger charge is 2.19. The average molecular weight is 186 g/mol. The van der Waals surface area contributed by atoms with Gasteiger partial charge in [-0.1, -0.05) is 18.2 Å². The molecular weight excluding hydrogens is 176 g/mol. The fraction of sp³-hybridized carbons (Fsp3) is 0.182. The molecule has 0 spiro atoms. The Labute approximate surface area is 82.1 Å². The molecule has 0 saturated heterocycles. The summed E-state index contributed by atoms with van der Waals surface area (Å²) in [5, 5.41) is 3.12. The normalized spacial score (nSPS) is 18.0. The molecule has 3 rings (SSSR count). The minimum atomic E-state index is 0.612. The summed E-state index contributed by atoms with van der Waals surface area (Å²) >= 11 is 0. The van der Waals surface area contributed by atoms with Gasteiger partial charge in [-0.3, -0.25) is 4.99 Å². The molecule has 3 heteroatoms. The van der Waals surface area contributed by atoms with Crippen LogP contribution in [0.2, 0.25) is 0 Å². The van der Waals surface area contributed by atoms with Gasteiger partial charge in [0.2, 0.25) is 0 Å². The van der Waals surface area contributed by atoms with Gasteiger partial charge in [-0.05, 0) is 11.6 Å². The number of allylic oxidation sites excluding steroid dienone is 1. The number of rotatable bonds is 0. The summed E-state index contributed by atoms with van der Waals surface area (Å²) in [7, 11) is 0. The van der Waals surface area contributed by atoms with E-state index in [1.54, 1.807) is 0 Å². The van der Waals surface area contributed by atoms with E-state index >= 15 is 0 Å². The van der Waals surface area contributed by atoms with Crippen LogP contribution in [0.25, 0.3) is 0 Å². The lowest BCUT2D eigenvalue weighted by molar-refractivity contribution is 0.362. The van der Waals surface area contributed by atoms with Crippen LogP contribution in [-0.4, -0.2) is 12.9 Å². The molecule has 3 nitrogen and oxygen atoms in total. The molecule has 0 amide bonds. The summed E-state index contributed by atoms with van der Waals surface area (Å²) in [4.78, 5) is 4.16. The molecular formula is C11H10N2O. The van der Waals surface area contributed by atoms with Crippen LogP contribution in [0.15, 0.2) is 40.7 Å². The van der Waals surface area contributed by atoms with E-state index in [0.29, 0.717) is 6.67 Å². The van der Waals surface area contributed by atoms with Crippen molar-refractivity contribution in [3.63, 3.8) is 0 Å². The van der Waals surface area contributed by atoms with Crippen molar-refractivity contribution >= 4 is 6.21 Å². The number of fused-ring (bicyclic) bond motifs is 1. The fourth-order valence-corrected chi connectivity index (χ4v) is 1.74.